The van der Waals surface area contributed by atoms with Crippen molar-refractivity contribution in [3.8, 4) is 0 Å². The Morgan fingerprint density at radius 1 is 0.788 bits per heavy atom. The second-order valence-corrected chi connectivity index (χ2v) is 8.14. The van der Waals surface area contributed by atoms with Crippen molar-refractivity contribution < 1.29 is 44.1 Å². The highest BCUT2D eigenvalue weighted by atomic mass is 16.4. The second kappa shape index (κ2) is 14.0. The van der Waals surface area contributed by atoms with E-state index in [0.29, 0.717) is 6.42 Å². The summed E-state index contributed by atoms with van der Waals surface area (Å²) in [5.74, 6) is -7.29. The van der Waals surface area contributed by atoms with Gasteiger partial charge in [-0.25, -0.2) is 4.79 Å². The topological polar surface area (TPSA) is 225 Å². The monoisotopic (exact) mass is 474 g/mol. The van der Waals surface area contributed by atoms with Crippen molar-refractivity contribution in [3.63, 3.8) is 0 Å². The molecule has 0 radical (unpaired) electrons. The van der Waals surface area contributed by atoms with Crippen LogP contribution in [-0.4, -0.2) is 75.1 Å². The van der Waals surface area contributed by atoms with E-state index in [1.807, 2.05) is 0 Å². The lowest BCUT2D eigenvalue weighted by molar-refractivity contribution is -0.144. The first-order valence-corrected chi connectivity index (χ1v) is 10.5. The van der Waals surface area contributed by atoms with E-state index in [0.717, 1.165) is 0 Å². The van der Waals surface area contributed by atoms with Gasteiger partial charge >= 0.3 is 17.9 Å². The average Bonchev–Trinajstić information content (AvgIpc) is 2.70. The summed E-state index contributed by atoms with van der Waals surface area (Å²) < 4.78 is 0. The number of hydrogen-bond acceptors (Lipinski definition) is 7. The Labute approximate surface area is 191 Å². The summed E-state index contributed by atoms with van der Waals surface area (Å²) in [7, 11) is 0. The molecule has 3 amide bonds. The van der Waals surface area contributed by atoms with Gasteiger partial charge in [-0.15, -0.1) is 0 Å². The Morgan fingerprint density at radius 2 is 1.33 bits per heavy atom. The third-order valence-corrected chi connectivity index (χ3v) is 5.03. The van der Waals surface area contributed by atoms with Crippen LogP contribution < -0.4 is 21.7 Å². The Kier molecular flexibility index (Phi) is 12.7. The third kappa shape index (κ3) is 10.8. The van der Waals surface area contributed by atoms with E-state index in [9.17, 15) is 33.9 Å². The van der Waals surface area contributed by atoms with E-state index < -0.39 is 78.6 Å². The first kappa shape index (κ1) is 29.8. The minimum absolute atomic E-state index is 0.343. The number of nitrogens with one attached hydrogen (secondary N) is 3. The molecule has 13 heteroatoms. The molecule has 0 aromatic carbocycles. The summed E-state index contributed by atoms with van der Waals surface area (Å²) in [5.41, 5.74) is 5.48. The van der Waals surface area contributed by atoms with E-state index in [4.69, 9.17) is 15.9 Å². The predicted octanol–water partition coefficient (Wildman–Crippen LogP) is -1.11. The quantitative estimate of drug-likeness (QED) is 0.151. The molecule has 0 bridgehead atoms. The van der Waals surface area contributed by atoms with Gasteiger partial charge in [0.2, 0.25) is 17.7 Å². The van der Waals surface area contributed by atoms with E-state index in [1.54, 1.807) is 27.7 Å². The van der Waals surface area contributed by atoms with Gasteiger partial charge in [0, 0.05) is 6.42 Å². The van der Waals surface area contributed by atoms with Crippen LogP contribution in [0.4, 0.5) is 0 Å². The number of rotatable bonds is 15. The number of carboxylic acids is 3. The average molecular weight is 475 g/mol. The molecular formula is C20H34N4O9. The van der Waals surface area contributed by atoms with Crippen LogP contribution >= 0.6 is 0 Å². The summed E-state index contributed by atoms with van der Waals surface area (Å²) in [6, 6.07) is -5.25. The highest BCUT2D eigenvalue weighted by Crippen LogP contribution is 2.11. The lowest BCUT2D eigenvalue weighted by Gasteiger charge is -2.28. The van der Waals surface area contributed by atoms with E-state index in [-0.39, 0.29) is 12.3 Å². The van der Waals surface area contributed by atoms with Crippen molar-refractivity contribution >= 4 is 35.6 Å². The maximum atomic E-state index is 12.8. The fourth-order valence-corrected chi connectivity index (χ4v) is 2.81. The lowest BCUT2D eigenvalue weighted by Crippen LogP contribution is -2.59. The zero-order valence-corrected chi connectivity index (χ0v) is 19.2. The molecule has 0 aliphatic rings. The molecular weight excluding hydrogens is 440 g/mol. The minimum Gasteiger partial charge on any atom is -0.481 e. The largest absolute Gasteiger partial charge is 0.481 e. The minimum atomic E-state index is -1.47. The Morgan fingerprint density at radius 3 is 1.76 bits per heavy atom. The van der Waals surface area contributed by atoms with Gasteiger partial charge in [0.1, 0.15) is 18.1 Å². The maximum absolute atomic E-state index is 12.8. The zero-order chi connectivity index (χ0) is 25.9. The molecule has 33 heavy (non-hydrogen) atoms. The lowest BCUT2D eigenvalue weighted by atomic mass is 9.97. The molecule has 0 aliphatic heterocycles. The van der Waals surface area contributed by atoms with Crippen LogP contribution in [0.5, 0.6) is 0 Å². The molecule has 13 nitrogen and oxygen atoms in total. The number of hydrogen-bond donors (Lipinski definition) is 7. The molecule has 0 rings (SSSR count). The van der Waals surface area contributed by atoms with Gasteiger partial charge in [0.05, 0.1) is 12.5 Å². The van der Waals surface area contributed by atoms with Crippen molar-refractivity contribution in [2.45, 2.75) is 77.5 Å². The van der Waals surface area contributed by atoms with Crippen molar-refractivity contribution in [2.24, 2.45) is 17.6 Å². The van der Waals surface area contributed by atoms with Crippen LogP contribution in [0.3, 0.4) is 0 Å². The van der Waals surface area contributed by atoms with Gasteiger partial charge in [0.25, 0.3) is 0 Å². The highest BCUT2D eigenvalue weighted by Gasteiger charge is 2.33. The molecule has 8 N–H and O–H groups in total. The van der Waals surface area contributed by atoms with Crippen molar-refractivity contribution in [2.75, 3.05) is 0 Å². The molecule has 0 spiro atoms. The Bertz CT molecular complexity index is 741. The molecule has 0 aromatic heterocycles. The van der Waals surface area contributed by atoms with E-state index in [2.05, 4.69) is 16.0 Å². The SMILES string of the molecule is CCC(C)C(NC(=O)C(NC(=O)C(CCC(=O)O)NC(=O)C(N)CC(=O)O)C(C)C)C(=O)O. The number of carbonyl (C=O) groups excluding carboxylic acids is 3. The van der Waals surface area contributed by atoms with Crippen LogP contribution in [0.2, 0.25) is 0 Å². The van der Waals surface area contributed by atoms with Crippen LogP contribution in [0.1, 0.15) is 53.4 Å². The van der Waals surface area contributed by atoms with Crippen LogP contribution in [0, 0.1) is 11.8 Å². The number of amides is 3. The molecule has 188 valence electrons. The van der Waals surface area contributed by atoms with E-state index in [1.165, 1.54) is 0 Å². The van der Waals surface area contributed by atoms with Gasteiger partial charge < -0.3 is 37.0 Å². The summed E-state index contributed by atoms with van der Waals surface area (Å²) >= 11 is 0. The van der Waals surface area contributed by atoms with Crippen LogP contribution in [-0.2, 0) is 28.8 Å². The first-order chi connectivity index (χ1) is 15.2. The number of nitrogens with two attached hydrogens (primary N) is 1. The number of carbonyl (C=O) groups is 6. The Balaban J connectivity index is 5.54. The highest BCUT2D eigenvalue weighted by molar-refractivity contribution is 5.95. The van der Waals surface area contributed by atoms with Crippen molar-refractivity contribution in [1.82, 2.24) is 16.0 Å². The van der Waals surface area contributed by atoms with E-state index >= 15 is 0 Å². The van der Waals surface area contributed by atoms with Gasteiger partial charge in [0.15, 0.2) is 0 Å². The van der Waals surface area contributed by atoms with Gasteiger partial charge in [-0.3, -0.25) is 24.0 Å². The summed E-state index contributed by atoms with van der Waals surface area (Å²) in [5, 5.41) is 34.1. The molecule has 0 aromatic rings. The predicted molar refractivity (Wildman–Crippen MR) is 115 cm³/mol. The van der Waals surface area contributed by atoms with Crippen LogP contribution in [0.25, 0.3) is 0 Å². The first-order valence-electron chi connectivity index (χ1n) is 10.5. The molecule has 5 unspecified atom stereocenters. The fraction of sp³-hybridized carbons (Fsp3) is 0.700. The zero-order valence-electron chi connectivity index (χ0n) is 19.2. The summed E-state index contributed by atoms with van der Waals surface area (Å²) in [6.45, 7) is 6.63. The normalized spacial score (nSPS) is 15.5. The smallest absolute Gasteiger partial charge is 0.326 e. The standard InChI is InChI=1S/C20H34N4O9/c1-5-10(4)16(20(32)33)24-19(31)15(9(2)3)23-18(30)12(6-7-13(25)26)22-17(29)11(21)8-14(27)28/h9-12,15-16H,5-8,21H2,1-4H3,(H,22,29)(H,23,30)(H,24,31)(H,25,26)(H,27,28)(H,32,33). The van der Waals surface area contributed by atoms with Gasteiger partial charge in [-0.2, -0.15) is 0 Å². The molecule has 0 aliphatic carbocycles. The molecule has 0 saturated carbocycles. The summed E-state index contributed by atoms with van der Waals surface area (Å²) in [4.78, 5) is 70.9. The van der Waals surface area contributed by atoms with Crippen LogP contribution in [0.15, 0.2) is 0 Å². The Hall–Kier alpha value is -3.22. The van der Waals surface area contributed by atoms with Gasteiger partial charge in [-0.05, 0) is 18.3 Å². The molecule has 0 saturated heterocycles. The molecule has 0 fully saturated rings. The second-order valence-electron chi connectivity index (χ2n) is 8.14. The van der Waals surface area contributed by atoms with Crippen molar-refractivity contribution in [3.05, 3.63) is 0 Å². The maximum Gasteiger partial charge on any atom is 0.326 e. The van der Waals surface area contributed by atoms with Gasteiger partial charge in [-0.1, -0.05) is 34.1 Å². The third-order valence-electron chi connectivity index (χ3n) is 5.03. The summed E-state index contributed by atoms with van der Waals surface area (Å²) in [6.07, 6.45) is -1.07. The molecule has 0 heterocycles. The van der Waals surface area contributed by atoms with Crippen molar-refractivity contribution in [1.29, 1.82) is 0 Å². The molecule has 5 atom stereocenters. The fourth-order valence-electron chi connectivity index (χ4n) is 2.81. The number of aliphatic carboxylic acids is 3. The number of carboxylic acid groups (broad SMARTS) is 3.